The molecule has 0 bridgehead atoms. The SMILES string of the molecule is C[N+](C)(CCOc1ccccc1Cl)Cc1ccc([N+](=O)[O-])cc1.[Br-]. The fourth-order valence-corrected chi connectivity index (χ4v) is 2.45. The van der Waals surface area contributed by atoms with Crippen molar-refractivity contribution in [2.45, 2.75) is 6.54 Å². The molecular formula is C17H20BrClN2O3. The van der Waals surface area contributed by atoms with Crippen LogP contribution in [0.25, 0.3) is 0 Å². The predicted octanol–water partition coefficient (Wildman–Crippen LogP) is 0.908. The Balaban J connectivity index is 0.00000288. The van der Waals surface area contributed by atoms with Crippen molar-refractivity contribution in [2.24, 2.45) is 0 Å². The number of benzene rings is 2. The Bertz CT molecular complexity index is 678. The maximum absolute atomic E-state index is 10.7. The molecule has 2 aromatic carbocycles. The van der Waals surface area contributed by atoms with E-state index >= 15 is 0 Å². The highest BCUT2D eigenvalue weighted by atomic mass is 79.9. The quantitative estimate of drug-likeness (QED) is 0.384. The van der Waals surface area contributed by atoms with Crippen LogP contribution >= 0.6 is 11.6 Å². The van der Waals surface area contributed by atoms with Gasteiger partial charge in [0.05, 0.1) is 24.0 Å². The lowest BCUT2D eigenvalue weighted by Crippen LogP contribution is -3.00. The van der Waals surface area contributed by atoms with E-state index in [0.717, 1.165) is 18.7 Å². The molecule has 0 atom stereocenters. The van der Waals surface area contributed by atoms with Crippen molar-refractivity contribution in [3.8, 4) is 5.75 Å². The van der Waals surface area contributed by atoms with Gasteiger partial charge in [-0.2, -0.15) is 0 Å². The molecule has 0 aromatic heterocycles. The van der Waals surface area contributed by atoms with Gasteiger partial charge in [-0.25, -0.2) is 0 Å². The summed E-state index contributed by atoms with van der Waals surface area (Å²) < 4.78 is 6.43. The van der Waals surface area contributed by atoms with E-state index in [1.807, 2.05) is 18.2 Å². The zero-order chi connectivity index (χ0) is 16.9. The minimum absolute atomic E-state index is 0. The van der Waals surface area contributed by atoms with Gasteiger partial charge in [-0.05, 0) is 24.3 Å². The molecule has 0 saturated heterocycles. The monoisotopic (exact) mass is 414 g/mol. The minimum atomic E-state index is -0.388. The molecule has 0 aliphatic rings. The number of nitro benzene ring substituents is 1. The van der Waals surface area contributed by atoms with Crippen molar-refractivity contribution in [1.82, 2.24) is 0 Å². The molecule has 0 unspecified atom stereocenters. The molecule has 130 valence electrons. The van der Waals surface area contributed by atoms with Gasteiger partial charge >= 0.3 is 0 Å². The van der Waals surface area contributed by atoms with Gasteiger partial charge in [-0.15, -0.1) is 0 Å². The van der Waals surface area contributed by atoms with Crippen LogP contribution < -0.4 is 21.7 Å². The van der Waals surface area contributed by atoms with Crippen LogP contribution in [0.4, 0.5) is 5.69 Å². The minimum Gasteiger partial charge on any atom is -1.00 e. The summed E-state index contributed by atoms with van der Waals surface area (Å²) in [6.07, 6.45) is 0. The van der Waals surface area contributed by atoms with Gasteiger partial charge in [-0.1, -0.05) is 23.7 Å². The highest BCUT2D eigenvalue weighted by Gasteiger charge is 2.17. The van der Waals surface area contributed by atoms with Crippen LogP contribution in [-0.2, 0) is 6.54 Å². The van der Waals surface area contributed by atoms with Crippen LogP contribution in [0, 0.1) is 10.1 Å². The van der Waals surface area contributed by atoms with Crippen LogP contribution in [-0.4, -0.2) is 36.7 Å². The number of rotatable bonds is 7. The molecule has 0 radical (unpaired) electrons. The lowest BCUT2D eigenvalue weighted by Gasteiger charge is -2.29. The van der Waals surface area contributed by atoms with Gasteiger partial charge in [0.1, 0.15) is 25.4 Å². The molecule has 0 aliphatic heterocycles. The zero-order valence-electron chi connectivity index (χ0n) is 13.6. The maximum Gasteiger partial charge on any atom is 0.269 e. The second kappa shape index (κ2) is 9.01. The van der Waals surface area contributed by atoms with E-state index in [9.17, 15) is 10.1 Å². The molecule has 0 saturated carbocycles. The summed E-state index contributed by atoms with van der Waals surface area (Å²) in [7, 11) is 4.19. The number of hydrogen-bond donors (Lipinski definition) is 0. The molecule has 0 N–H and O–H groups in total. The van der Waals surface area contributed by atoms with E-state index in [1.165, 1.54) is 12.1 Å². The molecule has 2 aromatic rings. The average molecular weight is 416 g/mol. The number of nitro groups is 1. The van der Waals surface area contributed by atoms with Crippen LogP contribution in [0.15, 0.2) is 48.5 Å². The Morgan fingerprint density at radius 2 is 1.75 bits per heavy atom. The number of para-hydroxylation sites is 1. The van der Waals surface area contributed by atoms with Gasteiger partial charge in [0, 0.05) is 17.7 Å². The summed E-state index contributed by atoms with van der Waals surface area (Å²) in [4.78, 5) is 10.3. The number of halogens is 2. The van der Waals surface area contributed by atoms with Crippen LogP contribution in [0.2, 0.25) is 5.02 Å². The number of hydrogen-bond acceptors (Lipinski definition) is 3. The lowest BCUT2D eigenvalue weighted by molar-refractivity contribution is -0.903. The second-order valence-electron chi connectivity index (χ2n) is 6.02. The van der Waals surface area contributed by atoms with Gasteiger partial charge in [0.25, 0.3) is 5.69 Å². The van der Waals surface area contributed by atoms with E-state index in [-0.39, 0.29) is 27.6 Å². The predicted molar refractivity (Wildman–Crippen MR) is 90.7 cm³/mol. The molecule has 5 nitrogen and oxygen atoms in total. The Kier molecular flexibility index (Phi) is 7.66. The first-order valence-electron chi connectivity index (χ1n) is 7.30. The fraction of sp³-hybridized carbons (Fsp3) is 0.294. The van der Waals surface area contributed by atoms with Gasteiger partial charge in [0.15, 0.2) is 0 Å². The molecule has 2 rings (SSSR count). The standard InChI is InChI=1S/C17H20ClN2O3.BrH/c1-20(2,11-12-23-17-6-4-3-5-16(17)18)13-14-7-9-15(10-8-14)19(21)22;/h3-10H,11-13H2,1-2H3;1H/q+1;/p-1. The summed E-state index contributed by atoms with van der Waals surface area (Å²) >= 11 is 6.06. The molecular weight excluding hydrogens is 396 g/mol. The smallest absolute Gasteiger partial charge is 0.269 e. The Morgan fingerprint density at radius 1 is 1.12 bits per heavy atom. The van der Waals surface area contributed by atoms with Crippen LogP contribution in [0.1, 0.15) is 5.56 Å². The lowest BCUT2D eigenvalue weighted by atomic mass is 10.2. The Labute approximate surface area is 157 Å². The van der Waals surface area contributed by atoms with Gasteiger partial charge in [0.2, 0.25) is 0 Å². The molecule has 0 amide bonds. The van der Waals surface area contributed by atoms with Crippen molar-refractivity contribution in [3.05, 3.63) is 69.2 Å². The van der Waals surface area contributed by atoms with Crippen molar-refractivity contribution in [1.29, 1.82) is 0 Å². The van der Waals surface area contributed by atoms with E-state index in [2.05, 4.69) is 14.1 Å². The van der Waals surface area contributed by atoms with Crippen molar-refractivity contribution in [3.63, 3.8) is 0 Å². The van der Waals surface area contributed by atoms with Crippen molar-refractivity contribution in [2.75, 3.05) is 27.2 Å². The number of nitrogens with zero attached hydrogens (tertiary/aromatic N) is 2. The van der Waals surface area contributed by atoms with Gasteiger partial charge in [-0.3, -0.25) is 10.1 Å². The summed E-state index contributed by atoms with van der Waals surface area (Å²) in [6, 6.07) is 14.1. The first-order chi connectivity index (χ1) is 10.9. The molecule has 0 heterocycles. The Hall–Kier alpha value is -1.63. The van der Waals surface area contributed by atoms with Crippen LogP contribution in [0.5, 0.6) is 5.75 Å². The second-order valence-corrected chi connectivity index (χ2v) is 6.43. The zero-order valence-corrected chi connectivity index (χ0v) is 16.0. The third kappa shape index (κ3) is 6.11. The van der Waals surface area contributed by atoms with Crippen LogP contribution in [0.3, 0.4) is 0 Å². The number of likely N-dealkylation sites (N-methyl/N-ethyl adjacent to an activating group) is 1. The Morgan fingerprint density at radius 3 is 2.33 bits per heavy atom. The maximum atomic E-state index is 10.7. The van der Waals surface area contributed by atoms with E-state index in [0.29, 0.717) is 21.9 Å². The molecule has 0 spiro atoms. The molecule has 7 heteroatoms. The molecule has 0 aliphatic carbocycles. The van der Waals surface area contributed by atoms with Crippen molar-refractivity contribution < 1.29 is 31.1 Å². The third-order valence-corrected chi connectivity index (χ3v) is 3.86. The first-order valence-corrected chi connectivity index (χ1v) is 7.68. The summed E-state index contributed by atoms with van der Waals surface area (Å²) in [6.45, 7) is 2.11. The molecule has 24 heavy (non-hydrogen) atoms. The van der Waals surface area contributed by atoms with Gasteiger partial charge < -0.3 is 26.2 Å². The number of ether oxygens (including phenoxy) is 1. The van der Waals surface area contributed by atoms with Crippen molar-refractivity contribution >= 4 is 17.3 Å². The van der Waals surface area contributed by atoms with E-state index in [4.69, 9.17) is 16.3 Å². The van der Waals surface area contributed by atoms with E-state index < -0.39 is 0 Å². The first kappa shape index (κ1) is 20.4. The largest absolute Gasteiger partial charge is 1.00 e. The number of non-ortho nitro benzene ring substituents is 1. The number of quaternary nitrogens is 1. The highest BCUT2D eigenvalue weighted by Crippen LogP contribution is 2.23. The summed E-state index contributed by atoms with van der Waals surface area (Å²) in [5.41, 5.74) is 1.17. The average Bonchev–Trinajstić information content (AvgIpc) is 2.49. The highest BCUT2D eigenvalue weighted by molar-refractivity contribution is 6.32. The normalized spacial score (nSPS) is 10.8. The summed E-state index contributed by atoms with van der Waals surface area (Å²) in [5.74, 6) is 0.685. The third-order valence-electron chi connectivity index (χ3n) is 3.55. The van der Waals surface area contributed by atoms with E-state index in [1.54, 1.807) is 18.2 Å². The summed E-state index contributed by atoms with van der Waals surface area (Å²) in [5, 5.41) is 11.3. The fourth-order valence-electron chi connectivity index (χ4n) is 2.26. The topological polar surface area (TPSA) is 52.4 Å². The molecule has 0 fully saturated rings.